The molecule has 0 radical (unpaired) electrons. The zero-order chi connectivity index (χ0) is 16.1. The first kappa shape index (κ1) is 20.1. The summed E-state index contributed by atoms with van der Waals surface area (Å²) < 4.78 is 29.8. The van der Waals surface area contributed by atoms with Gasteiger partial charge in [0.25, 0.3) is 0 Å². The molecule has 0 amide bonds. The minimum absolute atomic E-state index is 0.133. The molecule has 0 heterocycles. The molecule has 0 aliphatic carbocycles. The van der Waals surface area contributed by atoms with Crippen LogP contribution in [-0.2, 0) is 14.8 Å². The summed E-state index contributed by atoms with van der Waals surface area (Å²) in [5.41, 5.74) is 0. The molecule has 0 spiro atoms. The van der Waals surface area contributed by atoms with Crippen LogP contribution in [0, 0.1) is 0 Å². The summed E-state index contributed by atoms with van der Waals surface area (Å²) in [6, 6.07) is 0. The van der Waals surface area contributed by atoms with E-state index in [0.717, 1.165) is 12.5 Å². The molecule has 0 fully saturated rings. The highest BCUT2D eigenvalue weighted by Gasteiger charge is 2.13. The van der Waals surface area contributed by atoms with E-state index in [-0.39, 0.29) is 5.75 Å². The Labute approximate surface area is 129 Å². The monoisotopic (exact) mass is 322 g/mol. The highest BCUT2D eigenvalue weighted by atomic mass is 32.2. The average Bonchev–Trinajstić information content (AvgIpc) is 2.47. The molecular weight excluding hydrogens is 292 g/mol. The Kier molecular flexibility index (Phi) is 11.3. The van der Waals surface area contributed by atoms with Crippen molar-refractivity contribution < 1.29 is 13.2 Å². The van der Waals surface area contributed by atoms with Crippen LogP contribution in [0.4, 0.5) is 0 Å². The van der Waals surface area contributed by atoms with Crippen LogP contribution < -0.4 is 10.6 Å². The Balaban J connectivity index is 4.08. The van der Waals surface area contributed by atoms with Crippen LogP contribution >= 0.6 is 0 Å². The number of sulfonamides is 1. The lowest BCUT2D eigenvalue weighted by Crippen LogP contribution is -2.39. The summed E-state index contributed by atoms with van der Waals surface area (Å²) in [6.45, 7) is 9.49. The maximum absolute atomic E-state index is 11.6. The minimum atomic E-state index is -3.09. The van der Waals surface area contributed by atoms with Crippen molar-refractivity contribution in [2.24, 2.45) is 4.99 Å². The molecule has 0 aromatic rings. The van der Waals surface area contributed by atoms with Gasteiger partial charge in [-0.3, -0.25) is 4.99 Å². The lowest BCUT2D eigenvalue weighted by molar-refractivity contribution is 0.152. The molecule has 0 atom stereocenters. The van der Waals surface area contributed by atoms with Gasteiger partial charge in [0.15, 0.2) is 5.96 Å². The van der Waals surface area contributed by atoms with Crippen molar-refractivity contribution in [2.75, 3.05) is 52.2 Å². The van der Waals surface area contributed by atoms with Gasteiger partial charge in [-0.15, -0.1) is 0 Å². The Hall–Kier alpha value is -0.860. The fourth-order valence-electron chi connectivity index (χ4n) is 1.57. The van der Waals surface area contributed by atoms with Gasteiger partial charge in [-0.1, -0.05) is 0 Å². The molecule has 0 aromatic carbocycles. The van der Waals surface area contributed by atoms with E-state index in [4.69, 9.17) is 4.74 Å². The maximum Gasteiger partial charge on any atom is 0.213 e. The Bertz CT molecular complexity index is 385. The zero-order valence-corrected chi connectivity index (χ0v) is 14.5. The second-order valence-electron chi connectivity index (χ2n) is 4.46. The quantitative estimate of drug-likeness (QED) is 0.324. The lowest BCUT2D eigenvalue weighted by Gasteiger charge is -2.15. The predicted octanol–water partition coefficient (Wildman–Crippen LogP) is 0.250. The summed E-state index contributed by atoms with van der Waals surface area (Å²) >= 11 is 0. The van der Waals surface area contributed by atoms with Crippen molar-refractivity contribution in [1.82, 2.24) is 14.9 Å². The van der Waals surface area contributed by atoms with Crippen molar-refractivity contribution >= 4 is 16.0 Å². The van der Waals surface area contributed by atoms with Gasteiger partial charge in [0.2, 0.25) is 10.0 Å². The van der Waals surface area contributed by atoms with E-state index >= 15 is 0 Å². The Morgan fingerprint density at radius 2 is 1.95 bits per heavy atom. The smallest absolute Gasteiger partial charge is 0.213 e. The largest absolute Gasteiger partial charge is 0.380 e. The Morgan fingerprint density at radius 1 is 1.24 bits per heavy atom. The van der Waals surface area contributed by atoms with Crippen molar-refractivity contribution in [3.05, 3.63) is 0 Å². The number of nitrogens with zero attached hydrogens (tertiary/aromatic N) is 2. The number of rotatable bonds is 11. The summed E-state index contributed by atoms with van der Waals surface area (Å²) in [5.74, 6) is 0.868. The standard InChI is InChI=1S/C13H30N4O3S/c1-5-14-13(16-10-12-20-6-2)15-9-8-11-17(4)21(18,19)7-3/h5-12H2,1-4H3,(H2,14,15,16). The number of hydrogen-bond donors (Lipinski definition) is 2. The molecule has 7 nitrogen and oxygen atoms in total. The van der Waals surface area contributed by atoms with Crippen LogP contribution in [0.1, 0.15) is 27.2 Å². The van der Waals surface area contributed by atoms with Gasteiger partial charge < -0.3 is 15.4 Å². The van der Waals surface area contributed by atoms with E-state index in [9.17, 15) is 8.42 Å². The second kappa shape index (κ2) is 11.8. The highest BCUT2D eigenvalue weighted by molar-refractivity contribution is 7.89. The van der Waals surface area contributed by atoms with Crippen LogP contribution in [-0.4, -0.2) is 70.9 Å². The van der Waals surface area contributed by atoms with Gasteiger partial charge in [-0.25, -0.2) is 12.7 Å². The van der Waals surface area contributed by atoms with E-state index in [1.807, 2.05) is 13.8 Å². The lowest BCUT2D eigenvalue weighted by atomic mass is 10.4. The molecule has 126 valence electrons. The third-order valence-electron chi connectivity index (χ3n) is 2.83. The van der Waals surface area contributed by atoms with Gasteiger partial charge in [-0.2, -0.15) is 0 Å². The number of hydrogen-bond acceptors (Lipinski definition) is 4. The average molecular weight is 322 g/mol. The summed E-state index contributed by atoms with van der Waals surface area (Å²) in [7, 11) is -1.49. The molecule has 0 unspecified atom stereocenters. The zero-order valence-electron chi connectivity index (χ0n) is 13.7. The van der Waals surface area contributed by atoms with Gasteiger partial charge in [0.1, 0.15) is 0 Å². The van der Waals surface area contributed by atoms with Crippen LogP contribution in [0.3, 0.4) is 0 Å². The molecule has 8 heteroatoms. The topological polar surface area (TPSA) is 83.0 Å². The van der Waals surface area contributed by atoms with Gasteiger partial charge in [-0.05, 0) is 27.2 Å². The predicted molar refractivity (Wildman–Crippen MR) is 87.2 cm³/mol. The maximum atomic E-state index is 11.6. The van der Waals surface area contributed by atoms with Crippen molar-refractivity contribution in [2.45, 2.75) is 27.2 Å². The van der Waals surface area contributed by atoms with E-state index in [0.29, 0.717) is 39.3 Å². The molecule has 0 rings (SSSR count). The summed E-state index contributed by atoms with van der Waals surface area (Å²) in [5, 5.41) is 6.31. The van der Waals surface area contributed by atoms with E-state index in [2.05, 4.69) is 15.6 Å². The fraction of sp³-hybridized carbons (Fsp3) is 0.923. The molecule has 0 aliphatic heterocycles. The first-order chi connectivity index (χ1) is 9.97. The third kappa shape index (κ3) is 9.65. The van der Waals surface area contributed by atoms with Crippen molar-refractivity contribution in [1.29, 1.82) is 0 Å². The van der Waals surface area contributed by atoms with Gasteiger partial charge in [0, 0.05) is 39.8 Å². The van der Waals surface area contributed by atoms with E-state index in [1.54, 1.807) is 14.0 Å². The van der Waals surface area contributed by atoms with Crippen LogP contribution in [0.15, 0.2) is 4.99 Å². The third-order valence-corrected chi connectivity index (χ3v) is 4.69. The van der Waals surface area contributed by atoms with Crippen LogP contribution in [0.2, 0.25) is 0 Å². The van der Waals surface area contributed by atoms with Crippen LogP contribution in [0.5, 0.6) is 0 Å². The van der Waals surface area contributed by atoms with Crippen molar-refractivity contribution in [3.63, 3.8) is 0 Å². The summed E-state index contributed by atoms with van der Waals surface area (Å²) in [6.07, 6.45) is 0.692. The first-order valence-electron chi connectivity index (χ1n) is 7.51. The van der Waals surface area contributed by atoms with Crippen LogP contribution in [0.25, 0.3) is 0 Å². The molecule has 0 aliphatic rings. The molecule has 0 aromatic heterocycles. The molecular formula is C13H30N4O3S. The summed E-state index contributed by atoms with van der Waals surface area (Å²) in [4.78, 5) is 4.41. The molecule has 0 saturated carbocycles. The second-order valence-corrected chi connectivity index (χ2v) is 6.82. The normalized spacial score (nSPS) is 12.7. The first-order valence-corrected chi connectivity index (χ1v) is 9.12. The fourth-order valence-corrected chi connectivity index (χ4v) is 2.42. The molecule has 0 bridgehead atoms. The van der Waals surface area contributed by atoms with Gasteiger partial charge >= 0.3 is 0 Å². The number of ether oxygens (including phenoxy) is 1. The SMILES string of the molecule is CCNC(=NCCCN(C)S(=O)(=O)CC)NCCOCC. The van der Waals surface area contributed by atoms with Gasteiger partial charge in [0.05, 0.1) is 12.4 Å². The number of nitrogens with one attached hydrogen (secondary N) is 2. The molecule has 0 saturated heterocycles. The molecule has 21 heavy (non-hydrogen) atoms. The van der Waals surface area contributed by atoms with E-state index in [1.165, 1.54) is 4.31 Å². The van der Waals surface area contributed by atoms with Crippen molar-refractivity contribution in [3.8, 4) is 0 Å². The number of guanidine groups is 1. The molecule has 2 N–H and O–H groups in total. The number of aliphatic imine (C=N–C) groups is 1. The van der Waals surface area contributed by atoms with E-state index < -0.39 is 10.0 Å². The highest BCUT2D eigenvalue weighted by Crippen LogP contribution is 1.98. The Morgan fingerprint density at radius 3 is 2.52 bits per heavy atom. The minimum Gasteiger partial charge on any atom is -0.380 e.